The molecule has 1 aromatic carbocycles. The second kappa shape index (κ2) is 7.50. The van der Waals surface area contributed by atoms with Gasteiger partial charge >= 0.3 is 0 Å². The van der Waals surface area contributed by atoms with Crippen LogP contribution >= 0.6 is 11.3 Å². The Hall–Kier alpha value is -2.32. The van der Waals surface area contributed by atoms with Crippen molar-refractivity contribution < 1.29 is 9.59 Å². The third-order valence-corrected chi connectivity index (χ3v) is 4.59. The van der Waals surface area contributed by atoms with E-state index in [1.807, 2.05) is 24.3 Å². The van der Waals surface area contributed by atoms with Crippen molar-refractivity contribution in [2.45, 2.75) is 6.92 Å². The molecule has 24 heavy (non-hydrogen) atoms. The molecule has 3 rings (SSSR count). The van der Waals surface area contributed by atoms with Crippen molar-refractivity contribution in [3.8, 4) is 0 Å². The summed E-state index contributed by atoms with van der Waals surface area (Å²) in [6.45, 7) is 5.27. The number of carbonyl (C=O) groups excluding carboxylic acids is 2. The zero-order valence-electron chi connectivity index (χ0n) is 13.4. The van der Waals surface area contributed by atoms with E-state index in [9.17, 15) is 9.59 Å². The van der Waals surface area contributed by atoms with Crippen molar-refractivity contribution in [3.05, 3.63) is 35.3 Å². The van der Waals surface area contributed by atoms with E-state index in [4.69, 9.17) is 0 Å². The van der Waals surface area contributed by atoms with Gasteiger partial charge in [-0.05, 0) is 31.2 Å². The summed E-state index contributed by atoms with van der Waals surface area (Å²) < 4.78 is 0. The lowest BCUT2D eigenvalue weighted by atomic mass is 10.1. The van der Waals surface area contributed by atoms with E-state index in [2.05, 4.69) is 25.3 Å². The van der Waals surface area contributed by atoms with Crippen LogP contribution in [0.25, 0.3) is 0 Å². The van der Waals surface area contributed by atoms with Gasteiger partial charge in [0.2, 0.25) is 11.0 Å². The van der Waals surface area contributed by atoms with Gasteiger partial charge in [0.15, 0.2) is 5.78 Å². The zero-order chi connectivity index (χ0) is 16.9. The molecule has 126 valence electrons. The number of amides is 1. The summed E-state index contributed by atoms with van der Waals surface area (Å²) in [6.07, 6.45) is 0. The maximum atomic E-state index is 12.0. The Morgan fingerprint density at radius 3 is 2.46 bits per heavy atom. The lowest BCUT2D eigenvalue weighted by Gasteiger charge is -2.35. The van der Waals surface area contributed by atoms with Crippen molar-refractivity contribution in [3.63, 3.8) is 0 Å². The molecule has 0 radical (unpaired) electrons. The molecular formula is C16H19N5O2S. The van der Waals surface area contributed by atoms with Crippen LogP contribution in [0.3, 0.4) is 0 Å². The van der Waals surface area contributed by atoms with Gasteiger partial charge in [-0.1, -0.05) is 11.3 Å². The fraction of sp³-hybridized carbons (Fsp3) is 0.375. The number of nitrogens with zero attached hydrogens (tertiary/aromatic N) is 4. The first-order valence-electron chi connectivity index (χ1n) is 7.76. The first kappa shape index (κ1) is 16.5. The number of piperazine rings is 1. The molecule has 1 N–H and O–H groups in total. The molecule has 1 amide bonds. The molecule has 0 bridgehead atoms. The normalized spacial score (nSPS) is 15.3. The monoisotopic (exact) mass is 345 g/mol. The zero-order valence-corrected chi connectivity index (χ0v) is 14.3. The molecule has 0 aliphatic carbocycles. The highest BCUT2D eigenvalue weighted by Crippen LogP contribution is 2.17. The quantitative estimate of drug-likeness (QED) is 0.828. The van der Waals surface area contributed by atoms with E-state index < -0.39 is 0 Å². The Balaban J connectivity index is 1.48. The fourth-order valence-corrected chi connectivity index (χ4v) is 3.12. The Labute approximate surface area is 144 Å². The number of rotatable bonds is 5. The predicted octanol–water partition coefficient (Wildman–Crippen LogP) is 1.50. The molecule has 2 heterocycles. The van der Waals surface area contributed by atoms with Gasteiger partial charge in [0.25, 0.3) is 0 Å². The van der Waals surface area contributed by atoms with Crippen LogP contribution in [0.2, 0.25) is 0 Å². The van der Waals surface area contributed by atoms with E-state index in [0.29, 0.717) is 11.7 Å². The Bertz CT molecular complexity index is 694. The maximum Gasteiger partial charge on any atom is 0.240 e. The van der Waals surface area contributed by atoms with Crippen LogP contribution in [0.4, 0.5) is 10.8 Å². The molecule has 0 atom stereocenters. The highest BCUT2D eigenvalue weighted by atomic mass is 32.1. The molecule has 0 saturated carbocycles. The summed E-state index contributed by atoms with van der Waals surface area (Å²) in [5.41, 5.74) is 3.43. The summed E-state index contributed by atoms with van der Waals surface area (Å²) in [7, 11) is 0. The van der Waals surface area contributed by atoms with Crippen molar-refractivity contribution in [1.82, 2.24) is 15.1 Å². The van der Waals surface area contributed by atoms with Crippen molar-refractivity contribution in [2.24, 2.45) is 0 Å². The van der Waals surface area contributed by atoms with Crippen LogP contribution in [0.1, 0.15) is 17.3 Å². The summed E-state index contributed by atoms with van der Waals surface area (Å²) in [5.74, 6) is 0.0128. The Morgan fingerprint density at radius 2 is 1.88 bits per heavy atom. The number of ketones is 1. The number of hydrogen-bond acceptors (Lipinski definition) is 7. The lowest BCUT2D eigenvalue weighted by Crippen LogP contribution is -2.48. The van der Waals surface area contributed by atoms with E-state index >= 15 is 0 Å². The van der Waals surface area contributed by atoms with Crippen LogP contribution in [0.5, 0.6) is 0 Å². The second-order valence-corrected chi connectivity index (χ2v) is 6.49. The van der Waals surface area contributed by atoms with Gasteiger partial charge in [-0.25, -0.2) is 0 Å². The number of Topliss-reactive ketones (excluding diaryl/α,β-unsaturated/α-hetero) is 1. The molecule has 8 heteroatoms. The van der Waals surface area contributed by atoms with Gasteiger partial charge in [0.1, 0.15) is 5.51 Å². The SMILES string of the molecule is CC(=O)c1ccc(N2CCN(CC(=O)Nc3nncs3)CC2)cc1. The minimum absolute atomic E-state index is 0.0639. The minimum Gasteiger partial charge on any atom is -0.369 e. The van der Waals surface area contributed by atoms with Crippen LogP contribution in [-0.4, -0.2) is 59.5 Å². The van der Waals surface area contributed by atoms with Gasteiger partial charge < -0.3 is 4.90 Å². The molecule has 0 spiro atoms. The van der Waals surface area contributed by atoms with Crippen LogP contribution in [-0.2, 0) is 4.79 Å². The molecule has 1 fully saturated rings. The minimum atomic E-state index is -0.0639. The van der Waals surface area contributed by atoms with Crippen LogP contribution in [0.15, 0.2) is 29.8 Å². The first-order valence-corrected chi connectivity index (χ1v) is 8.64. The smallest absolute Gasteiger partial charge is 0.240 e. The summed E-state index contributed by atoms with van der Waals surface area (Å²) in [4.78, 5) is 27.7. The average molecular weight is 345 g/mol. The molecule has 1 aliphatic rings. The third kappa shape index (κ3) is 4.15. The van der Waals surface area contributed by atoms with Crippen LogP contribution < -0.4 is 10.2 Å². The summed E-state index contributed by atoms with van der Waals surface area (Å²) in [6, 6.07) is 7.68. The third-order valence-electron chi connectivity index (χ3n) is 3.98. The van der Waals surface area contributed by atoms with Crippen LogP contribution in [0, 0.1) is 0 Å². The van der Waals surface area contributed by atoms with Gasteiger partial charge in [0, 0.05) is 37.4 Å². The van der Waals surface area contributed by atoms with E-state index in [1.54, 1.807) is 12.4 Å². The molecule has 1 aromatic heterocycles. The van der Waals surface area contributed by atoms with E-state index in [1.165, 1.54) is 11.3 Å². The van der Waals surface area contributed by atoms with E-state index in [-0.39, 0.29) is 11.7 Å². The Kier molecular flexibility index (Phi) is 5.17. The highest BCUT2D eigenvalue weighted by molar-refractivity contribution is 7.13. The molecule has 7 nitrogen and oxygen atoms in total. The lowest BCUT2D eigenvalue weighted by molar-refractivity contribution is -0.117. The number of anilines is 2. The van der Waals surface area contributed by atoms with Crippen molar-refractivity contribution in [2.75, 3.05) is 42.9 Å². The number of nitrogens with one attached hydrogen (secondary N) is 1. The van der Waals surface area contributed by atoms with Gasteiger partial charge in [-0.3, -0.25) is 19.8 Å². The summed E-state index contributed by atoms with van der Waals surface area (Å²) >= 11 is 1.31. The fourth-order valence-electron chi connectivity index (χ4n) is 2.66. The second-order valence-electron chi connectivity index (χ2n) is 5.66. The molecule has 1 aliphatic heterocycles. The van der Waals surface area contributed by atoms with Crippen molar-refractivity contribution >= 4 is 33.8 Å². The first-order chi connectivity index (χ1) is 11.6. The molecule has 2 aromatic rings. The van der Waals surface area contributed by atoms with Crippen molar-refractivity contribution in [1.29, 1.82) is 0 Å². The Morgan fingerprint density at radius 1 is 1.17 bits per heavy atom. The maximum absolute atomic E-state index is 12.0. The van der Waals surface area contributed by atoms with E-state index in [0.717, 1.165) is 37.4 Å². The standard InChI is InChI=1S/C16H19N5O2S/c1-12(22)13-2-4-14(5-3-13)21-8-6-20(7-9-21)10-15(23)18-16-19-17-11-24-16/h2-5,11H,6-10H2,1H3,(H,18,19,23). The highest BCUT2D eigenvalue weighted by Gasteiger charge is 2.19. The summed E-state index contributed by atoms with van der Waals surface area (Å²) in [5, 5.41) is 10.8. The number of hydrogen-bond donors (Lipinski definition) is 1. The predicted molar refractivity (Wildman–Crippen MR) is 93.6 cm³/mol. The largest absolute Gasteiger partial charge is 0.369 e. The van der Waals surface area contributed by atoms with Gasteiger partial charge in [-0.15, -0.1) is 10.2 Å². The molecule has 1 saturated heterocycles. The van der Waals surface area contributed by atoms with Gasteiger partial charge in [0.05, 0.1) is 6.54 Å². The molecule has 0 unspecified atom stereocenters. The average Bonchev–Trinajstić information content (AvgIpc) is 3.08. The number of benzene rings is 1. The van der Waals surface area contributed by atoms with Gasteiger partial charge in [-0.2, -0.15) is 0 Å². The topological polar surface area (TPSA) is 78.4 Å². The molecular weight excluding hydrogens is 326 g/mol. The number of carbonyl (C=O) groups is 2. The number of aromatic nitrogens is 2.